The second-order valence-electron chi connectivity index (χ2n) is 16.2. The number of pyridine rings is 2. The number of benzene rings is 7. The fourth-order valence-electron chi connectivity index (χ4n) is 10.1. The van der Waals surface area contributed by atoms with Crippen LogP contribution in [0, 0.1) is 0 Å². The Morgan fingerprint density at radius 3 is 1.98 bits per heavy atom. The second-order valence-corrected chi connectivity index (χ2v) is 20.0. The summed E-state index contributed by atoms with van der Waals surface area (Å²) in [5, 5.41) is 11.0. The minimum absolute atomic E-state index is 0.237. The fourth-order valence-corrected chi connectivity index (χ4v) is 14.9. The Hall–Kier alpha value is -7.28. The number of nitrogens with zero attached hydrogens (tertiary/aromatic N) is 4. The molecule has 0 fully saturated rings. The number of hydrogen-bond donors (Lipinski definition) is 0. The van der Waals surface area contributed by atoms with Crippen LogP contribution in [0.4, 0.5) is 0 Å². The Bertz CT molecular complexity index is 3420. The van der Waals surface area contributed by atoms with E-state index in [2.05, 4.69) is 199 Å². The van der Waals surface area contributed by atoms with Gasteiger partial charge in [-0.25, -0.2) is 9.97 Å². The zero-order valence-corrected chi connectivity index (χ0v) is 33.7. The van der Waals surface area contributed by atoms with Gasteiger partial charge in [0.1, 0.15) is 22.8 Å². The first-order valence-electron chi connectivity index (χ1n) is 20.2. The maximum Gasteiger partial charge on any atom is 0.179 e. The molecule has 12 rings (SSSR count). The molecule has 0 bridgehead atoms. The van der Waals surface area contributed by atoms with E-state index < -0.39 is 8.07 Å². The normalized spacial score (nSPS) is 13.5. The van der Waals surface area contributed by atoms with Crippen LogP contribution >= 0.6 is 0 Å². The molecule has 7 aromatic carbocycles. The van der Waals surface area contributed by atoms with Crippen LogP contribution in [-0.4, -0.2) is 27.0 Å². The summed E-state index contributed by atoms with van der Waals surface area (Å²) in [6.07, 6.45) is 5.89. The van der Waals surface area contributed by atoms with Gasteiger partial charge in [-0.15, -0.1) is 0 Å². The summed E-state index contributed by atoms with van der Waals surface area (Å²) in [5.41, 5.74) is 7.30. The van der Waals surface area contributed by atoms with E-state index in [0.29, 0.717) is 0 Å². The molecule has 59 heavy (non-hydrogen) atoms. The fraction of sp³-hybridized carbons (Fsp3) is 0.0566. The number of fused-ring (bicyclic) bond motifs is 11. The molecule has 1 aliphatic rings. The zero-order chi connectivity index (χ0) is 39.3. The summed E-state index contributed by atoms with van der Waals surface area (Å²) >= 11 is 0. The van der Waals surface area contributed by atoms with E-state index in [0.717, 1.165) is 55.7 Å². The molecule has 0 amide bonds. The Morgan fingerprint density at radius 1 is 0.458 bits per heavy atom. The number of aromatic nitrogens is 4. The van der Waals surface area contributed by atoms with Gasteiger partial charge in [0.2, 0.25) is 0 Å². The molecule has 4 aromatic heterocycles. The van der Waals surface area contributed by atoms with Crippen molar-refractivity contribution in [3.05, 3.63) is 206 Å². The average molecular weight is 775 g/mol. The third kappa shape index (κ3) is 4.78. The van der Waals surface area contributed by atoms with Crippen molar-refractivity contribution in [2.45, 2.75) is 19.3 Å². The lowest BCUT2D eigenvalue weighted by Crippen LogP contribution is -2.74. The molecule has 11 aromatic rings. The Labute approximate surface area is 342 Å². The summed E-state index contributed by atoms with van der Waals surface area (Å²) in [4.78, 5) is 10.0. The molecule has 0 N–H and O–H groups in total. The van der Waals surface area contributed by atoms with Gasteiger partial charge >= 0.3 is 0 Å². The quantitative estimate of drug-likeness (QED) is 0.0994. The smallest absolute Gasteiger partial charge is 0.179 e. The van der Waals surface area contributed by atoms with Gasteiger partial charge in [0.25, 0.3) is 0 Å². The van der Waals surface area contributed by atoms with Crippen LogP contribution in [0.2, 0.25) is 0 Å². The van der Waals surface area contributed by atoms with Crippen LogP contribution in [0.1, 0.15) is 25.0 Å². The van der Waals surface area contributed by atoms with Gasteiger partial charge in [0, 0.05) is 68.4 Å². The highest BCUT2D eigenvalue weighted by Gasteiger charge is 2.42. The van der Waals surface area contributed by atoms with Crippen LogP contribution in [-0.2, 0) is 5.41 Å². The van der Waals surface area contributed by atoms with Crippen molar-refractivity contribution in [3.63, 3.8) is 0 Å². The highest BCUT2D eigenvalue weighted by atomic mass is 28.3. The first-order chi connectivity index (χ1) is 29.0. The van der Waals surface area contributed by atoms with Gasteiger partial charge in [0.05, 0.1) is 11.0 Å². The van der Waals surface area contributed by atoms with Crippen LogP contribution < -0.4 is 25.5 Å². The molecular weight excluding hydrogens is 737 g/mol. The SMILES string of the molecule is CC1(C)c2ccccc2Oc2cc3c(cc21)c1cccnc1n3-c1cccc([Si](c2ccccc2)(c2ccccc2)c2ccc3c4ccccc4n4ccnc4c3c2)c1. The van der Waals surface area contributed by atoms with Gasteiger partial charge in [-0.3, -0.25) is 8.97 Å². The van der Waals surface area contributed by atoms with E-state index in [1.165, 1.54) is 42.6 Å². The van der Waals surface area contributed by atoms with E-state index >= 15 is 0 Å². The Kier molecular flexibility index (Phi) is 7.23. The molecule has 0 radical (unpaired) electrons. The minimum atomic E-state index is -3.01. The molecule has 0 saturated heterocycles. The van der Waals surface area contributed by atoms with Crippen molar-refractivity contribution in [3.8, 4) is 17.2 Å². The molecule has 0 spiro atoms. The standard InChI is InChI=1S/C53H38N4OSi/c1-53(2)45-23-10-12-25-49(45)58-50-34-48-43(33-46(50)53)42-22-14-28-54-52(42)57(48)35-15-13-20-38(31-35)59(36-16-5-3-6-17-36,37-18-7-4-8-19-37)39-26-27-40-41-21-9-11-24-47(41)56-30-29-55-51(56)44(40)32-39/h3-34H,1-2H3. The molecular formula is C53H38N4OSi. The van der Waals surface area contributed by atoms with Gasteiger partial charge in [0.15, 0.2) is 8.07 Å². The van der Waals surface area contributed by atoms with Crippen LogP contribution in [0.3, 0.4) is 0 Å². The second kappa shape index (κ2) is 12.6. The van der Waals surface area contributed by atoms with Crippen molar-refractivity contribution in [1.82, 2.24) is 18.9 Å². The molecule has 1 aliphatic heterocycles. The molecule has 5 heterocycles. The summed E-state index contributed by atoms with van der Waals surface area (Å²) in [7, 11) is -3.01. The highest BCUT2D eigenvalue weighted by Crippen LogP contribution is 2.50. The van der Waals surface area contributed by atoms with Gasteiger partial charge in [-0.05, 0) is 68.6 Å². The van der Waals surface area contributed by atoms with Crippen LogP contribution in [0.15, 0.2) is 195 Å². The van der Waals surface area contributed by atoms with E-state index in [4.69, 9.17) is 14.7 Å². The van der Waals surface area contributed by atoms with Gasteiger partial charge in [-0.1, -0.05) is 141 Å². The molecule has 6 heteroatoms. The largest absolute Gasteiger partial charge is 0.457 e. The minimum Gasteiger partial charge on any atom is -0.457 e. The Balaban J connectivity index is 1.15. The number of para-hydroxylation sites is 2. The molecule has 5 nitrogen and oxygen atoms in total. The van der Waals surface area contributed by atoms with E-state index in [9.17, 15) is 0 Å². The molecule has 0 saturated carbocycles. The third-order valence-corrected chi connectivity index (χ3v) is 17.6. The van der Waals surface area contributed by atoms with E-state index in [1.807, 2.05) is 18.5 Å². The van der Waals surface area contributed by atoms with Crippen molar-refractivity contribution in [2.75, 3.05) is 0 Å². The van der Waals surface area contributed by atoms with Crippen molar-refractivity contribution < 1.29 is 4.74 Å². The molecule has 280 valence electrons. The highest BCUT2D eigenvalue weighted by molar-refractivity contribution is 7.20. The van der Waals surface area contributed by atoms with E-state index in [1.54, 1.807) is 0 Å². The van der Waals surface area contributed by atoms with Crippen molar-refractivity contribution in [2.24, 2.45) is 0 Å². The number of hydrogen-bond acceptors (Lipinski definition) is 3. The number of ether oxygens (including phenoxy) is 1. The topological polar surface area (TPSA) is 44.4 Å². The summed E-state index contributed by atoms with van der Waals surface area (Å²) < 4.78 is 11.3. The third-order valence-electron chi connectivity index (χ3n) is 12.8. The maximum atomic E-state index is 6.71. The molecule has 0 atom stereocenters. The first kappa shape index (κ1) is 33.8. The molecule has 0 unspecified atom stereocenters. The summed E-state index contributed by atoms with van der Waals surface area (Å²) in [6, 6.07) is 64.5. The van der Waals surface area contributed by atoms with Crippen molar-refractivity contribution in [1.29, 1.82) is 0 Å². The lowest BCUT2D eigenvalue weighted by Gasteiger charge is -2.35. The van der Waals surface area contributed by atoms with Crippen LogP contribution in [0.5, 0.6) is 11.5 Å². The van der Waals surface area contributed by atoms with Crippen molar-refractivity contribution >= 4 is 78.1 Å². The lowest BCUT2D eigenvalue weighted by molar-refractivity contribution is 0.419. The van der Waals surface area contributed by atoms with E-state index in [-0.39, 0.29) is 5.41 Å². The molecule has 0 aliphatic carbocycles. The lowest BCUT2D eigenvalue weighted by atomic mass is 9.75. The first-order valence-corrected chi connectivity index (χ1v) is 22.2. The van der Waals surface area contributed by atoms with Gasteiger partial charge < -0.3 is 4.74 Å². The predicted molar refractivity (Wildman–Crippen MR) is 245 cm³/mol. The predicted octanol–water partition coefficient (Wildman–Crippen LogP) is 9.94. The van der Waals surface area contributed by atoms with Gasteiger partial charge in [-0.2, -0.15) is 0 Å². The van der Waals surface area contributed by atoms with Crippen LogP contribution in [0.25, 0.3) is 54.9 Å². The monoisotopic (exact) mass is 774 g/mol. The zero-order valence-electron chi connectivity index (χ0n) is 32.7. The maximum absolute atomic E-state index is 6.71. The average Bonchev–Trinajstić information content (AvgIpc) is 3.91. The summed E-state index contributed by atoms with van der Waals surface area (Å²) in [5.74, 6) is 1.79. The number of imidazole rings is 1. The Morgan fingerprint density at radius 2 is 1.15 bits per heavy atom. The summed E-state index contributed by atoms with van der Waals surface area (Å²) in [6.45, 7) is 4.59. The number of rotatable bonds is 5.